The first kappa shape index (κ1) is 24.3. The van der Waals surface area contributed by atoms with Gasteiger partial charge in [-0.3, -0.25) is 14.6 Å². The molecule has 2 aromatic heterocycles. The first-order chi connectivity index (χ1) is 17.4. The molecule has 0 aliphatic heterocycles. The lowest BCUT2D eigenvalue weighted by molar-refractivity contribution is 0.0784. The molecule has 0 unspecified atom stereocenters. The Balaban J connectivity index is 1.64. The number of rotatable bonds is 7. The fourth-order valence-corrected chi connectivity index (χ4v) is 3.89. The maximum atomic E-state index is 14.2. The fraction of sp³-hybridized carbons (Fsp3) is 0.192. The summed E-state index contributed by atoms with van der Waals surface area (Å²) < 4.78 is 20.0. The van der Waals surface area contributed by atoms with Crippen molar-refractivity contribution in [2.24, 2.45) is 0 Å². The van der Waals surface area contributed by atoms with Crippen LogP contribution in [0.15, 0.2) is 48.8 Å². The lowest BCUT2D eigenvalue weighted by Gasteiger charge is -2.19. The highest BCUT2D eigenvalue weighted by atomic mass is 19.1. The molecular weight excluding hydrogens is 463 g/mol. The van der Waals surface area contributed by atoms with E-state index in [0.29, 0.717) is 51.3 Å². The molecule has 36 heavy (non-hydrogen) atoms. The van der Waals surface area contributed by atoms with Crippen molar-refractivity contribution in [1.82, 2.24) is 25.4 Å². The summed E-state index contributed by atoms with van der Waals surface area (Å²) in [5, 5.41) is 9.91. The van der Waals surface area contributed by atoms with Gasteiger partial charge in [0.15, 0.2) is 0 Å². The minimum absolute atomic E-state index is 0.0835. The summed E-state index contributed by atoms with van der Waals surface area (Å²) in [6.45, 7) is 9.63. The molecule has 0 radical (unpaired) electrons. The van der Waals surface area contributed by atoms with Gasteiger partial charge in [0.05, 0.1) is 12.2 Å². The summed E-state index contributed by atoms with van der Waals surface area (Å²) in [7, 11) is 3.09. The zero-order chi connectivity index (χ0) is 25.8. The van der Waals surface area contributed by atoms with E-state index in [2.05, 4.69) is 25.3 Å². The van der Waals surface area contributed by atoms with Gasteiger partial charge < -0.3 is 19.8 Å². The topological polar surface area (TPSA) is 105 Å². The molecule has 0 saturated carbocycles. The number of aromatic nitrogens is 3. The minimum atomic E-state index is -0.630. The predicted molar refractivity (Wildman–Crippen MR) is 132 cm³/mol. The van der Waals surface area contributed by atoms with E-state index in [-0.39, 0.29) is 18.0 Å². The molecule has 0 bridgehead atoms. The first-order valence-corrected chi connectivity index (χ1v) is 11.1. The summed E-state index contributed by atoms with van der Waals surface area (Å²) in [6.07, 6.45) is 3.18. The number of aromatic amines is 1. The number of halogens is 1. The molecule has 2 N–H and O–H groups in total. The average molecular weight is 487 g/mol. The Morgan fingerprint density at radius 3 is 2.75 bits per heavy atom. The van der Waals surface area contributed by atoms with E-state index in [4.69, 9.17) is 11.3 Å². The van der Waals surface area contributed by atoms with E-state index in [1.54, 1.807) is 43.7 Å². The Bertz CT molecular complexity index is 1510. The zero-order valence-electron chi connectivity index (χ0n) is 19.9. The van der Waals surface area contributed by atoms with Crippen LogP contribution in [0.5, 0.6) is 5.75 Å². The molecule has 4 aromatic rings. The second kappa shape index (κ2) is 10.2. The van der Waals surface area contributed by atoms with Crippen molar-refractivity contribution in [2.75, 3.05) is 20.7 Å². The number of ether oxygens (including phenoxy) is 1. The predicted octanol–water partition coefficient (Wildman–Crippen LogP) is 4.35. The van der Waals surface area contributed by atoms with Crippen LogP contribution >= 0.6 is 0 Å². The lowest BCUT2D eigenvalue weighted by atomic mass is 9.99. The monoisotopic (exact) mass is 486 g/mol. The van der Waals surface area contributed by atoms with Gasteiger partial charge in [-0.2, -0.15) is 0 Å². The van der Waals surface area contributed by atoms with E-state index in [9.17, 15) is 14.0 Å². The van der Waals surface area contributed by atoms with Crippen molar-refractivity contribution in [3.8, 4) is 16.9 Å². The summed E-state index contributed by atoms with van der Waals surface area (Å²) in [5.41, 5.74) is 2.80. The Morgan fingerprint density at radius 2 is 2.03 bits per heavy atom. The Labute approximate surface area is 206 Å². The lowest BCUT2D eigenvalue weighted by Crippen LogP contribution is -2.26. The number of hydrogen-bond donors (Lipinski definition) is 2. The van der Waals surface area contributed by atoms with Crippen molar-refractivity contribution in [1.29, 1.82) is 0 Å². The molecule has 182 valence electrons. The number of carbonyl (C=O) groups excluding carboxylic acids is 2. The zero-order valence-corrected chi connectivity index (χ0v) is 19.9. The highest BCUT2D eigenvalue weighted by Crippen LogP contribution is 2.33. The molecule has 0 aliphatic rings. The van der Waals surface area contributed by atoms with Crippen LogP contribution in [-0.2, 0) is 6.54 Å². The van der Waals surface area contributed by atoms with Gasteiger partial charge in [0.25, 0.3) is 17.6 Å². The fourth-order valence-electron chi connectivity index (χ4n) is 3.89. The molecule has 10 heteroatoms. The minimum Gasteiger partial charge on any atom is -0.493 e. The third-order valence-corrected chi connectivity index (χ3v) is 5.67. The number of nitrogens with one attached hydrogen (secondary N) is 2. The maximum absolute atomic E-state index is 14.2. The van der Waals surface area contributed by atoms with Gasteiger partial charge in [0.1, 0.15) is 17.1 Å². The molecule has 9 nitrogen and oxygen atoms in total. The smallest absolute Gasteiger partial charge is 0.259 e. The normalized spacial score (nSPS) is 10.6. The molecular formula is C26H23FN6O3. The number of fused-ring (bicyclic) bond motifs is 1. The Morgan fingerprint density at radius 1 is 1.22 bits per heavy atom. The van der Waals surface area contributed by atoms with E-state index < -0.39 is 11.7 Å². The van der Waals surface area contributed by atoms with Crippen molar-refractivity contribution >= 4 is 28.5 Å². The van der Waals surface area contributed by atoms with Crippen LogP contribution in [-0.4, -0.2) is 52.6 Å². The van der Waals surface area contributed by atoms with Crippen molar-refractivity contribution in [3.05, 3.63) is 82.7 Å². The SMILES string of the molecule is [C-]#[N+]c1[nH]nc2c(CN(C)C(=O)c3ccc(-c4ccc(F)c(C(=O)NC)c4)c(OCC)c3)cncc12. The highest BCUT2D eigenvalue weighted by molar-refractivity contribution is 5.98. The largest absolute Gasteiger partial charge is 0.493 e. The van der Waals surface area contributed by atoms with E-state index in [1.807, 2.05) is 6.92 Å². The highest BCUT2D eigenvalue weighted by Gasteiger charge is 2.19. The average Bonchev–Trinajstić information content (AvgIpc) is 3.32. The third-order valence-electron chi connectivity index (χ3n) is 5.67. The van der Waals surface area contributed by atoms with Crippen LogP contribution in [0, 0.1) is 12.4 Å². The van der Waals surface area contributed by atoms with Gasteiger partial charge in [-0.05, 0) is 42.8 Å². The number of amides is 2. The van der Waals surface area contributed by atoms with Crippen molar-refractivity contribution < 1.29 is 18.7 Å². The molecule has 2 aromatic carbocycles. The van der Waals surface area contributed by atoms with Crippen molar-refractivity contribution in [2.45, 2.75) is 13.5 Å². The van der Waals surface area contributed by atoms with E-state index in [0.717, 1.165) is 0 Å². The first-order valence-electron chi connectivity index (χ1n) is 11.1. The van der Waals surface area contributed by atoms with Crippen molar-refractivity contribution in [3.63, 3.8) is 0 Å². The molecule has 0 aliphatic carbocycles. The van der Waals surface area contributed by atoms with E-state index >= 15 is 0 Å². The maximum Gasteiger partial charge on any atom is 0.259 e. The van der Waals surface area contributed by atoms with Gasteiger partial charge in [0.2, 0.25) is 0 Å². The molecule has 0 fully saturated rings. The molecule has 0 spiro atoms. The number of H-pyrrole nitrogens is 1. The third kappa shape index (κ3) is 4.59. The molecule has 0 saturated heterocycles. The number of hydrogen-bond acceptors (Lipinski definition) is 5. The van der Waals surface area contributed by atoms with Crippen LogP contribution in [0.3, 0.4) is 0 Å². The van der Waals surface area contributed by atoms with Crippen LogP contribution in [0.1, 0.15) is 33.2 Å². The molecule has 2 heterocycles. The summed E-state index contributed by atoms with van der Waals surface area (Å²) in [5.74, 6) is -0.694. The van der Waals surface area contributed by atoms with Gasteiger partial charge in [-0.1, -0.05) is 12.6 Å². The second-order valence-corrected chi connectivity index (χ2v) is 7.96. The number of benzene rings is 2. The van der Waals surface area contributed by atoms with Gasteiger partial charge >= 0.3 is 0 Å². The Kier molecular flexibility index (Phi) is 6.92. The van der Waals surface area contributed by atoms with Gasteiger partial charge in [-0.25, -0.2) is 9.49 Å². The van der Waals surface area contributed by atoms with Crippen LogP contribution in [0.4, 0.5) is 10.2 Å². The van der Waals surface area contributed by atoms with Crippen LogP contribution in [0.25, 0.3) is 26.9 Å². The summed E-state index contributed by atoms with van der Waals surface area (Å²) >= 11 is 0. The van der Waals surface area contributed by atoms with Gasteiger partial charge in [0, 0.05) is 55.1 Å². The number of nitrogens with zero attached hydrogens (tertiary/aromatic N) is 4. The van der Waals surface area contributed by atoms with E-state index in [1.165, 1.54) is 24.1 Å². The molecule has 2 amide bonds. The Hall–Kier alpha value is -4.78. The number of carbonyl (C=O) groups is 2. The van der Waals surface area contributed by atoms with Crippen LogP contribution in [0.2, 0.25) is 0 Å². The molecule has 0 atom stereocenters. The summed E-state index contributed by atoms with van der Waals surface area (Å²) in [4.78, 5) is 34.4. The van der Waals surface area contributed by atoms with Gasteiger partial charge in [-0.15, -0.1) is 5.10 Å². The number of pyridine rings is 1. The standard InChI is InChI=1S/C26H23FN6O3/c1-5-36-22-11-16(6-8-18(22)15-7-9-21(27)19(10-15)25(34)29-3)26(35)33(4)14-17-12-30-13-20-23(17)31-32-24(20)28-2/h6-13H,5,14H2,1,3-4H3,(H,29,34)(H,31,32). The van der Waals surface area contributed by atoms with Crippen LogP contribution < -0.4 is 10.1 Å². The summed E-state index contributed by atoms with van der Waals surface area (Å²) in [6, 6.07) is 9.24. The second-order valence-electron chi connectivity index (χ2n) is 7.96. The molecule has 4 rings (SSSR count). The quantitative estimate of drug-likeness (QED) is 0.378.